The second-order valence-corrected chi connectivity index (χ2v) is 7.76. The van der Waals surface area contributed by atoms with Crippen molar-refractivity contribution in [3.05, 3.63) is 64.3 Å². The number of carbonyl (C=O) groups is 1. The molecule has 3 aromatic rings. The fraction of sp³-hybridized carbons (Fsp3) is 0.263. The second-order valence-electron chi connectivity index (χ2n) is 6.46. The number of rotatable bonds is 4. The van der Waals surface area contributed by atoms with Gasteiger partial charge in [-0.25, -0.2) is 14.4 Å². The summed E-state index contributed by atoms with van der Waals surface area (Å²) in [6.45, 7) is 1.06. The summed E-state index contributed by atoms with van der Waals surface area (Å²) in [5.74, 6) is -0.155. The molecule has 4 rings (SSSR count). The number of anilines is 2. The van der Waals surface area contributed by atoms with Gasteiger partial charge < -0.3 is 10.2 Å². The number of nitrogens with zero attached hydrogens (tertiary/aromatic N) is 4. The third-order valence-corrected chi connectivity index (χ3v) is 5.68. The maximum absolute atomic E-state index is 14.1. The standard InChI is InChI=1S/C19H17ClFN5OS/c20-14-3-1-2-13(17(14)21)18(27)26-7-4-12(5-8-26)15-10-22-11-16(24-15)25-19-23-6-9-28-19/h1-3,6,9-12H,4-5,7-8H2,(H,23,24,25). The normalized spacial score (nSPS) is 14.9. The van der Waals surface area contributed by atoms with Crippen LogP contribution >= 0.6 is 22.9 Å². The molecule has 0 unspecified atom stereocenters. The minimum absolute atomic E-state index is 0.0142. The zero-order valence-electron chi connectivity index (χ0n) is 14.8. The van der Waals surface area contributed by atoms with Crippen LogP contribution < -0.4 is 5.32 Å². The van der Waals surface area contributed by atoms with Crippen molar-refractivity contribution in [2.24, 2.45) is 0 Å². The molecule has 144 valence electrons. The molecule has 2 aromatic heterocycles. The van der Waals surface area contributed by atoms with Gasteiger partial charge in [0.2, 0.25) is 0 Å². The highest BCUT2D eigenvalue weighted by atomic mass is 35.5. The Morgan fingerprint density at radius 2 is 2.11 bits per heavy atom. The van der Waals surface area contributed by atoms with E-state index in [0.717, 1.165) is 23.7 Å². The lowest BCUT2D eigenvalue weighted by Gasteiger charge is -2.32. The van der Waals surface area contributed by atoms with Crippen molar-refractivity contribution < 1.29 is 9.18 Å². The second kappa shape index (κ2) is 8.20. The summed E-state index contributed by atoms with van der Waals surface area (Å²) in [4.78, 5) is 27.4. The molecule has 6 nitrogen and oxygen atoms in total. The number of carbonyl (C=O) groups excluding carboxylic acids is 1. The molecule has 28 heavy (non-hydrogen) atoms. The van der Waals surface area contributed by atoms with E-state index in [1.807, 2.05) is 5.38 Å². The van der Waals surface area contributed by atoms with Crippen LogP contribution in [0, 0.1) is 5.82 Å². The minimum Gasteiger partial charge on any atom is -0.339 e. The summed E-state index contributed by atoms with van der Waals surface area (Å²) in [5, 5.41) is 5.74. The van der Waals surface area contributed by atoms with Crippen LogP contribution in [0.4, 0.5) is 15.3 Å². The molecule has 1 aliphatic heterocycles. The Kier molecular flexibility index (Phi) is 5.50. The van der Waals surface area contributed by atoms with Crippen LogP contribution in [-0.2, 0) is 0 Å². The Bertz CT molecular complexity index is 976. The van der Waals surface area contributed by atoms with E-state index in [4.69, 9.17) is 11.6 Å². The molecule has 0 atom stereocenters. The first-order valence-electron chi connectivity index (χ1n) is 8.83. The summed E-state index contributed by atoms with van der Waals surface area (Å²) in [7, 11) is 0. The lowest BCUT2D eigenvalue weighted by Crippen LogP contribution is -2.38. The summed E-state index contributed by atoms with van der Waals surface area (Å²) in [6.07, 6.45) is 6.61. The third-order valence-electron chi connectivity index (χ3n) is 4.70. The molecule has 1 saturated heterocycles. The first-order chi connectivity index (χ1) is 13.6. The molecule has 1 fully saturated rings. The summed E-state index contributed by atoms with van der Waals surface area (Å²) in [5.41, 5.74) is 0.892. The molecule has 0 bridgehead atoms. The van der Waals surface area contributed by atoms with E-state index in [1.54, 1.807) is 29.6 Å². The number of likely N-dealkylation sites (tertiary alicyclic amines) is 1. The number of thiazole rings is 1. The molecular weight excluding hydrogens is 401 g/mol. The van der Waals surface area contributed by atoms with Crippen LogP contribution in [0.1, 0.15) is 34.8 Å². The lowest BCUT2D eigenvalue weighted by molar-refractivity contribution is 0.0707. The van der Waals surface area contributed by atoms with Gasteiger partial charge in [0.1, 0.15) is 0 Å². The van der Waals surface area contributed by atoms with E-state index in [9.17, 15) is 9.18 Å². The SMILES string of the molecule is O=C(c1cccc(Cl)c1F)N1CCC(c2cncc(Nc3nccs3)n2)CC1. The van der Waals surface area contributed by atoms with E-state index < -0.39 is 5.82 Å². The number of hydrogen-bond acceptors (Lipinski definition) is 6. The molecule has 0 radical (unpaired) electrons. The number of amides is 1. The number of aromatic nitrogens is 3. The first kappa shape index (κ1) is 18.8. The van der Waals surface area contributed by atoms with Crippen molar-refractivity contribution >= 4 is 39.8 Å². The van der Waals surface area contributed by atoms with Crippen LogP contribution in [0.15, 0.2) is 42.2 Å². The fourth-order valence-corrected chi connectivity index (χ4v) is 3.96. The number of benzene rings is 1. The first-order valence-corrected chi connectivity index (χ1v) is 10.1. The Hall–Kier alpha value is -2.58. The lowest BCUT2D eigenvalue weighted by atomic mass is 9.93. The van der Waals surface area contributed by atoms with Gasteiger partial charge in [0.15, 0.2) is 16.8 Å². The van der Waals surface area contributed by atoms with Crippen molar-refractivity contribution in [1.82, 2.24) is 19.9 Å². The Morgan fingerprint density at radius 3 is 2.86 bits per heavy atom. The Labute approximate surface area is 170 Å². The van der Waals surface area contributed by atoms with Crippen LogP contribution in [0.5, 0.6) is 0 Å². The van der Waals surface area contributed by atoms with Crippen LogP contribution in [0.3, 0.4) is 0 Å². The maximum Gasteiger partial charge on any atom is 0.256 e. The van der Waals surface area contributed by atoms with Gasteiger partial charge in [-0.3, -0.25) is 9.78 Å². The zero-order chi connectivity index (χ0) is 19.5. The van der Waals surface area contributed by atoms with Gasteiger partial charge in [0, 0.05) is 36.8 Å². The van der Waals surface area contributed by atoms with Crippen LogP contribution in [-0.4, -0.2) is 38.8 Å². The molecule has 1 aromatic carbocycles. The van der Waals surface area contributed by atoms with Crippen molar-refractivity contribution in [3.8, 4) is 0 Å². The molecule has 1 N–H and O–H groups in total. The average Bonchev–Trinajstić information content (AvgIpc) is 3.23. The minimum atomic E-state index is -0.664. The number of piperidine rings is 1. The van der Waals surface area contributed by atoms with E-state index in [2.05, 4.69) is 20.3 Å². The van der Waals surface area contributed by atoms with Crippen molar-refractivity contribution in [3.63, 3.8) is 0 Å². The highest BCUT2D eigenvalue weighted by molar-refractivity contribution is 7.13. The summed E-state index contributed by atoms with van der Waals surface area (Å²) < 4.78 is 14.1. The van der Waals surface area contributed by atoms with Crippen molar-refractivity contribution in [2.75, 3.05) is 18.4 Å². The maximum atomic E-state index is 14.1. The molecule has 0 aliphatic carbocycles. The van der Waals surface area contributed by atoms with Gasteiger partial charge >= 0.3 is 0 Å². The number of nitrogens with one attached hydrogen (secondary N) is 1. The summed E-state index contributed by atoms with van der Waals surface area (Å²) in [6, 6.07) is 4.49. The van der Waals surface area contributed by atoms with Crippen LogP contribution in [0.25, 0.3) is 0 Å². The number of halogens is 2. The molecule has 0 spiro atoms. The zero-order valence-corrected chi connectivity index (χ0v) is 16.4. The van der Waals surface area contributed by atoms with Gasteiger partial charge in [-0.05, 0) is 25.0 Å². The largest absolute Gasteiger partial charge is 0.339 e. The third kappa shape index (κ3) is 3.98. The molecular formula is C19H17ClFN5OS. The highest BCUT2D eigenvalue weighted by Gasteiger charge is 2.27. The predicted molar refractivity (Wildman–Crippen MR) is 107 cm³/mol. The van der Waals surface area contributed by atoms with E-state index in [0.29, 0.717) is 18.9 Å². The fourth-order valence-electron chi connectivity index (χ4n) is 3.25. The van der Waals surface area contributed by atoms with Gasteiger partial charge in [0.25, 0.3) is 5.91 Å². The Morgan fingerprint density at radius 1 is 1.29 bits per heavy atom. The summed E-state index contributed by atoms with van der Waals surface area (Å²) >= 11 is 7.28. The topological polar surface area (TPSA) is 71.0 Å². The van der Waals surface area contributed by atoms with E-state index in [1.165, 1.54) is 23.5 Å². The van der Waals surface area contributed by atoms with E-state index >= 15 is 0 Å². The van der Waals surface area contributed by atoms with Crippen LogP contribution in [0.2, 0.25) is 5.02 Å². The van der Waals surface area contributed by atoms with E-state index in [-0.39, 0.29) is 22.4 Å². The molecule has 9 heteroatoms. The Balaban J connectivity index is 1.41. The molecule has 3 heterocycles. The number of hydrogen-bond donors (Lipinski definition) is 1. The van der Waals surface area contributed by atoms with Gasteiger partial charge in [-0.15, -0.1) is 11.3 Å². The smallest absolute Gasteiger partial charge is 0.256 e. The molecule has 1 aliphatic rings. The van der Waals surface area contributed by atoms with Gasteiger partial charge in [-0.1, -0.05) is 17.7 Å². The molecule has 1 amide bonds. The molecule has 0 saturated carbocycles. The van der Waals surface area contributed by atoms with Gasteiger partial charge in [-0.2, -0.15) is 0 Å². The van der Waals surface area contributed by atoms with Crippen molar-refractivity contribution in [2.45, 2.75) is 18.8 Å². The van der Waals surface area contributed by atoms with Gasteiger partial charge in [0.05, 0.1) is 22.5 Å². The average molecular weight is 418 g/mol. The quantitative estimate of drug-likeness (QED) is 0.677. The van der Waals surface area contributed by atoms with Crippen molar-refractivity contribution in [1.29, 1.82) is 0 Å². The highest BCUT2D eigenvalue weighted by Crippen LogP contribution is 2.29. The predicted octanol–water partition coefficient (Wildman–Crippen LogP) is 4.49. The monoisotopic (exact) mass is 417 g/mol.